The number of fused-ring (bicyclic) bond motifs is 1. The van der Waals surface area contributed by atoms with Gasteiger partial charge in [0.1, 0.15) is 23.3 Å². The summed E-state index contributed by atoms with van der Waals surface area (Å²) < 4.78 is 64.3. The van der Waals surface area contributed by atoms with Crippen LogP contribution in [0.25, 0.3) is 10.9 Å². The number of rotatable bonds is 11. The zero-order valence-electron chi connectivity index (χ0n) is 26.6. The van der Waals surface area contributed by atoms with Gasteiger partial charge in [-0.2, -0.15) is 9.65 Å². The van der Waals surface area contributed by atoms with Gasteiger partial charge in [-0.1, -0.05) is 43.7 Å². The van der Waals surface area contributed by atoms with E-state index in [0.29, 0.717) is 17.6 Å². The van der Waals surface area contributed by atoms with Gasteiger partial charge in [0.25, 0.3) is 6.43 Å². The highest BCUT2D eigenvalue weighted by Crippen LogP contribution is 2.49. The molecule has 0 spiro atoms. The molecule has 19 heteroatoms. The van der Waals surface area contributed by atoms with Crippen LogP contribution >= 0.6 is 19.4 Å². The van der Waals surface area contributed by atoms with Crippen LogP contribution in [0.1, 0.15) is 62.2 Å². The summed E-state index contributed by atoms with van der Waals surface area (Å²) in [6, 6.07) is 5.81. The van der Waals surface area contributed by atoms with E-state index in [0.717, 1.165) is 15.6 Å². The molecule has 1 aliphatic carbocycles. The van der Waals surface area contributed by atoms with E-state index >= 15 is 0 Å². The van der Waals surface area contributed by atoms with Crippen LogP contribution in [0.5, 0.6) is 0 Å². The minimum Gasteiger partial charge on any atom is -0.421 e. The quantitative estimate of drug-likeness (QED) is 0.0904. The van der Waals surface area contributed by atoms with Gasteiger partial charge in [0, 0.05) is 29.4 Å². The number of phosphoric ester groups is 1. The summed E-state index contributed by atoms with van der Waals surface area (Å²) in [5.41, 5.74) is -0.925. The second kappa shape index (κ2) is 13.5. The van der Waals surface area contributed by atoms with Crippen molar-refractivity contribution in [3.05, 3.63) is 70.1 Å². The Labute approximate surface area is 283 Å². The van der Waals surface area contributed by atoms with Crippen molar-refractivity contribution in [2.75, 3.05) is 23.6 Å². The van der Waals surface area contributed by atoms with Gasteiger partial charge < -0.3 is 19.8 Å². The fourth-order valence-electron chi connectivity index (χ4n) is 5.14. The average molecular weight is 723 g/mol. The maximum absolute atomic E-state index is 14.3. The number of hydrogen-bond donors (Lipinski definition) is 3. The summed E-state index contributed by atoms with van der Waals surface area (Å²) in [6.45, 7) is 6.58. The Morgan fingerprint density at radius 1 is 1.29 bits per heavy atom. The molecule has 5 rings (SSSR count). The first-order chi connectivity index (χ1) is 22.9. The van der Waals surface area contributed by atoms with Crippen LogP contribution < -0.4 is 10.2 Å². The normalized spacial score (nSPS) is 14.8. The molecular weight excluding hydrogens is 692 g/mol. The lowest BCUT2D eigenvalue weighted by molar-refractivity contribution is 0.0427. The Morgan fingerprint density at radius 3 is 2.59 bits per heavy atom. The van der Waals surface area contributed by atoms with Gasteiger partial charge in [0.15, 0.2) is 0 Å². The van der Waals surface area contributed by atoms with Crippen molar-refractivity contribution in [1.29, 1.82) is 5.26 Å². The summed E-state index contributed by atoms with van der Waals surface area (Å²) in [4.78, 5) is 41.5. The predicted molar refractivity (Wildman–Crippen MR) is 170 cm³/mol. The number of alkyl halides is 2. The molecule has 260 valence electrons. The number of aryl methyl sites for hydroxylation is 1. The number of nitrogens with zero attached hydrogens (tertiary/aromatic N) is 7. The van der Waals surface area contributed by atoms with Crippen molar-refractivity contribution in [2.45, 2.75) is 58.5 Å². The maximum atomic E-state index is 14.3. The molecule has 49 heavy (non-hydrogen) atoms. The molecule has 3 aromatic heterocycles. The molecule has 3 N–H and O–H groups in total. The number of phosphoric acid groups is 1. The number of amides is 1. The zero-order valence-corrected chi connectivity index (χ0v) is 28.2. The molecule has 1 aromatic carbocycles. The molecule has 0 bridgehead atoms. The largest absolute Gasteiger partial charge is 0.472 e. The summed E-state index contributed by atoms with van der Waals surface area (Å²) >= 11 is 6.73. The van der Waals surface area contributed by atoms with E-state index in [4.69, 9.17) is 16.3 Å². The first-order valence-electron chi connectivity index (χ1n) is 14.7. The van der Waals surface area contributed by atoms with Gasteiger partial charge in [-0.05, 0) is 43.4 Å². The Kier molecular flexibility index (Phi) is 9.93. The molecule has 14 nitrogen and oxygen atoms in total. The van der Waals surface area contributed by atoms with Crippen LogP contribution in [0.2, 0.25) is 5.02 Å². The van der Waals surface area contributed by atoms with E-state index < -0.39 is 44.7 Å². The smallest absolute Gasteiger partial charge is 0.421 e. The number of ether oxygens (including phenoxy) is 1. The van der Waals surface area contributed by atoms with E-state index in [9.17, 15) is 37.6 Å². The van der Waals surface area contributed by atoms with Gasteiger partial charge in [-0.25, -0.2) is 32.3 Å². The minimum atomic E-state index is -5.09. The van der Waals surface area contributed by atoms with Crippen LogP contribution in [0, 0.1) is 29.6 Å². The molecule has 1 fully saturated rings. The summed E-state index contributed by atoms with van der Waals surface area (Å²) in [7, 11) is -5.09. The highest BCUT2D eigenvalue weighted by molar-refractivity contribution is 7.46. The summed E-state index contributed by atoms with van der Waals surface area (Å²) in [5, 5.41) is 21.6. The SMILES string of the molecule is Cc1nc(F)ccc1C(c1cn(C2(C(F)F)CC2)nn1)N(C(=O)OCOP(=O)(O)O)c1cc(Cl)c2ncc(C#N)c(NCC(C)(C)C)c2c1. The van der Waals surface area contributed by atoms with Crippen molar-refractivity contribution in [2.24, 2.45) is 5.41 Å². The van der Waals surface area contributed by atoms with Crippen molar-refractivity contribution in [3.63, 3.8) is 0 Å². The topological polar surface area (TPSA) is 189 Å². The molecule has 3 heterocycles. The van der Waals surface area contributed by atoms with E-state index in [1.807, 2.05) is 20.8 Å². The Balaban J connectivity index is 1.75. The molecule has 4 aromatic rings. The van der Waals surface area contributed by atoms with Crippen LogP contribution in [-0.2, 0) is 19.4 Å². The summed E-state index contributed by atoms with van der Waals surface area (Å²) in [5.74, 6) is -0.846. The van der Waals surface area contributed by atoms with Gasteiger partial charge in [-0.15, -0.1) is 5.10 Å². The van der Waals surface area contributed by atoms with Crippen LogP contribution in [0.4, 0.5) is 29.3 Å². The van der Waals surface area contributed by atoms with Crippen molar-refractivity contribution >= 4 is 47.8 Å². The molecule has 1 saturated carbocycles. The molecule has 0 aliphatic heterocycles. The monoisotopic (exact) mass is 722 g/mol. The second-order valence-corrected chi connectivity index (χ2v) is 14.3. The third kappa shape index (κ3) is 7.79. The average Bonchev–Trinajstić information content (AvgIpc) is 3.68. The molecule has 1 unspecified atom stereocenters. The lowest BCUT2D eigenvalue weighted by Gasteiger charge is -2.31. The number of anilines is 2. The number of hydrogen-bond acceptors (Lipinski definition) is 10. The van der Waals surface area contributed by atoms with Crippen LogP contribution in [0.15, 0.2) is 36.7 Å². The minimum absolute atomic E-state index is 0.0195. The van der Waals surface area contributed by atoms with Gasteiger partial charge >= 0.3 is 13.9 Å². The second-order valence-electron chi connectivity index (χ2n) is 12.6. The number of halogens is 4. The van der Waals surface area contributed by atoms with Crippen LogP contribution in [-0.4, -0.2) is 60.6 Å². The fourth-order valence-corrected chi connectivity index (χ4v) is 5.60. The van der Waals surface area contributed by atoms with Gasteiger partial charge in [0.05, 0.1) is 33.7 Å². The lowest BCUT2D eigenvalue weighted by atomic mass is 9.96. The third-order valence-electron chi connectivity index (χ3n) is 7.77. The van der Waals surface area contributed by atoms with E-state index in [-0.39, 0.29) is 57.0 Å². The third-order valence-corrected chi connectivity index (χ3v) is 8.50. The fraction of sp³-hybridized carbons (Fsp3) is 0.400. The van der Waals surface area contributed by atoms with Crippen molar-refractivity contribution in [1.82, 2.24) is 25.0 Å². The zero-order chi connectivity index (χ0) is 35.9. The number of carbonyl (C=O) groups excluding carboxylic acids is 1. The first kappa shape index (κ1) is 36.0. The van der Waals surface area contributed by atoms with Gasteiger partial charge in [0.2, 0.25) is 12.7 Å². The van der Waals surface area contributed by atoms with E-state index in [1.165, 1.54) is 37.5 Å². The Hall–Kier alpha value is -4.33. The number of aromatic nitrogens is 5. The van der Waals surface area contributed by atoms with E-state index in [2.05, 4.69) is 36.2 Å². The standard InChI is InChI=1S/C30H31ClF3N8O6P/c1-16-19(5-6-23(32)38-16)26(22-13-41(40-39-22)30(7-8-30)27(33)34)42(28(43)47-15-48-49(44,45)46)18-9-20-24(37-14-29(2,3)4)17(11-35)12-36-25(20)21(31)10-18/h5-6,9-10,12-13,26-27H,7-8,14-15H2,1-4H3,(H,36,37)(H2,44,45,46). The molecular formula is C30H31ClF3N8O6P. The number of nitriles is 1. The molecule has 0 radical (unpaired) electrons. The maximum Gasteiger partial charge on any atom is 0.472 e. The van der Waals surface area contributed by atoms with Gasteiger partial charge in [-0.3, -0.25) is 9.88 Å². The van der Waals surface area contributed by atoms with Crippen LogP contribution in [0.3, 0.4) is 0 Å². The van der Waals surface area contributed by atoms with Crippen molar-refractivity contribution < 1.29 is 41.6 Å². The Morgan fingerprint density at radius 2 is 2.00 bits per heavy atom. The number of benzene rings is 1. The van der Waals surface area contributed by atoms with E-state index in [1.54, 1.807) is 0 Å². The predicted octanol–water partition coefficient (Wildman–Crippen LogP) is 6.21. The molecule has 1 atom stereocenters. The number of pyridine rings is 2. The summed E-state index contributed by atoms with van der Waals surface area (Å²) in [6.07, 6.45) is -1.22. The molecule has 1 aliphatic rings. The Bertz CT molecular complexity index is 1990. The number of nitrogens with one attached hydrogen (secondary N) is 1. The highest BCUT2D eigenvalue weighted by Gasteiger charge is 2.54. The van der Waals surface area contributed by atoms with Crippen molar-refractivity contribution in [3.8, 4) is 6.07 Å². The molecule has 0 saturated heterocycles. The number of carbonyl (C=O) groups is 1. The lowest BCUT2D eigenvalue weighted by Crippen LogP contribution is -2.37. The highest BCUT2D eigenvalue weighted by atomic mass is 35.5. The first-order valence-corrected chi connectivity index (χ1v) is 16.6. The molecule has 1 amide bonds.